The monoisotopic (exact) mass is 368 g/mol. The predicted octanol–water partition coefficient (Wildman–Crippen LogP) is 3.30. The molecule has 3 rings (SSSR count). The maximum Gasteiger partial charge on any atom is 0.275 e. The highest BCUT2D eigenvalue weighted by Gasteiger charge is 2.23. The van der Waals surface area contributed by atoms with Crippen molar-refractivity contribution in [2.24, 2.45) is 0 Å². The molecule has 1 fully saturated rings. The largest absolute Gasteiger partial charge is 0.482 e. The minimum absolute atomic E-state index is 0.0198. The van der Waals surface area contributed by atoms with Crippen LogP contribution in [0.2, 0.25) is 5.02 Å². The van der Waals surface area contributed by atoms with Crippen molar-refractivity contribution in [1.29, 1.82) is 0 Å². The molecule has 1 amide bonds. The first-order valence-electron chi connectivity index (χ1n) is 7.92. The quantitative estimate of drug-likeness (QED) is 0.782. The van der Waals surface area contributed by atoms with E-state index in [-0.39, 0.29) is 35.2 Å². The van der Waals surface area contributed by atoms with E-state index >= 15 is 0 Å². The highest BCUT2D eigenvalue weighted by Crippen LogP contribution is 2.25. The second kappa shape index (κ2) is 7.84. The van der Waals surface area contributed by atoms with Gasteiger partial charge in [-0.15, -0.1) is 0 Å². The molecule has 1 saturated heterocycles. The van der Waals surface area contributed by atoms with Crippen LogP contribution < -0.4 is 4.74 Å². The number of aromatic nitrogens is 1. The Bertz CT molecular complexity index is 746. The van der Waals surface area contributed by atoms with E-state index in [1.165, 1.54) is 18.4 Å². The van der Waals surface area contributed by atoms with E-state index in [9.17, 15) is 9.18 Å². The summed E-state index contributed by atoms with van der Waals surface area (Å²) in [5.74, 6) is -0.153. The van der Waals surface area contributed by atoms with Gasteiger partial charge in [0.1, 0.15) is 17.8 Å². The van der Waals surface area contributed by atoms with Crippen molar-refractivity contribution in [2.45, 2.75) is 25.6 Å². The Hall–Kier alpha value is -2.12. The summed E-state index contributed by atoms with van der Waals surface area (Å²) in [4.78, 5) is 18.0. The molecule has 8 heteroatoms. The molecular weight excluding hydrogens is 351 g/mol. The molecule has 2 heterocycles. The molecule has 25 heavy (non-hydrogen) atoms. The Labute approximate surface area is 149 Å². The van der Waals surface area contributed by atoms with Crippen LogP contribution in [0.25, 0.3) is 0 Å². The van der Waals surface area contributed by atoms with Crippen LogP contribution in [-0.4, -0.2) is 42.1 Å². The summed E-state index contributed by atoms with van der Waals surface area (Å²) in [6.07, 6.45) is 3.33. The summed E-state index contributed by atoms with van der Waals surface area (Å²) in [5.41, 5.74) is 0.198. The second-order valence-corrected chi connectivity index (χ2v) is 6.22. The molecule has 0 spiro atoms. The Morgan fingerprint density at radius 2 is 2.36 bits per heavy atom. The molecule has 1 aliphatic heterocycles. The Morgan fingerprint density at radius 3 is 3.08 bits per heavy atom. The van der Waals surface area contributed by atoms with E-state index < -0.39 is 5.82 Å². The summed E-state index contributed by atoms with van der Waals surface area (Å²) < 4.78 is 29.2. The summed E-state index contributed by atoms with van der Waals surface area (Å²) in [7, 11) is 1.70. The summed E-state index contributed by atoms with van der Waals surface area (Å²) >= 11 is 5.89. The van der Waals surface area contributed by atoms with Gasteiger partial charge in [0.2, 0.25) is 5.89 Å². The summed E-state index contributed by atoms with van der Waals surface area (Å²) in [6, 6.07) is 3.81. The van der Waals surface area contributed by atoms with Gasteiger partial charge in [-0.05, 0) is 31.0 Å². The molecule has 1 aromatic carbocycles. The Balaban J connectivity index is 1.56. The van der Waals surface area contributed by atoms with Gasteiger partial charge in [0.05, 0.1) is 11.1 Å². The van der Waals surface area contributed by atoms with Crippen LogP contribution in [0, 0.1) is 5.82 Å². The molecule has 1 aliphatic rings. The number of likely N-dealkylation sites (N-methyl/N-ethyl adjacent to an activating group) is 1. The molecular formula is C17H18ClFN2O4. The lowest BCUT2D eigenvalue weighted by Crippen LogP contribution is -2.34. The maximum absolute atomic E-state index is 13.0. The Morgan fingerprint density at radius 1 is 1.52 bits per heavy atom. The standard InChI is InChI=1S/C17H18ClFN2O4/c1-21(8-12-3-2-6-23-12)17(22)14-9-25-16(20-14)10-24-15-5-4-11(19)7-13(15)18/h4-5,7,9,12H,2-3,6,8,10H2,1H3. The Kier molecular flexibility index (Phi) is 5.55. The van der Waals surface area contributed by atoms with Crippen molar-refractivity contribution in [1.82, 2.24) is 9.88 Å². The normalized spacial score (nSPS) is 16.8. The zero-order valence-electron chi connectivity index (χ0n) is 13.7. The topological polar surface area (TPSA) is 64.8 Å². The van der Waals surface area contributed by atoms with E-state index in [2.05, 4.69) is 4.98 Å². The van der Waals surface area contributed by atoms with Crippen molar-refractivity contribution in [3.63, 3.8) is 0 Å². The number of hydrogen-bond donors (Lipinski definition) is 0. The first-order chi connectivity index (χ1) is 12.0. The number of carbonyl (C=O) groups is 1. The van der Waals surface area contributed by atoms with Crippen LogP contribution in [-0.2, 0) is 11.3 Å². The number of carbonyl (C=O) groups excluding carboxylic acids is 1. The lowest BCUT2D eigenvalue weighted by atomic mass is 10.2. The average Bonchev–Trinajstić information content (AvgIpc) is 3.25. The molecule has 1 unspecified atom stereocenters. The highest BCUT2D eigenvalue weighted by atomic mass is 35.5. The predicted molar refractivity (Wildman–Crippen MR) is 88.2 cm³/mol. The smallest absolute Gasteiger partial charge is 0.275 e. The molecule has 134 valence electrons. The van der Waals surface area contributed by atoms with E-state index in [4.69, 9.17) is 25.5 Å². The van der Waals surface area contributed by atoms with Crippen molar-refractivity contribution in [3.8, 4) is 5.75 Å². The number of nitrogens with zero attached hydrogens (tertiary/aromatic N) is 2. The van der Waals surface area contributed by atoms with Crippen molar-refractivity contribution in [2.75, 3.05) is 20.2 Å². The van der Waals surface area contributed by atoms with Crippen molar-refractivity contribution < 1.29 is 23.1 Å². The lowest BCUT2D eigenvalue weighted by Gasteiger charge is -2.19. The number of halogens is 2. The van der Waals surface area contributed by atoms with Crippen molar-refractivity contribution >= 4 is 17.5 Å². The van der Waals surface area contributed by atoms with Gasteiger partial charge < -0.3 is 18.8 Å². The van der Waals surface area contributed by atoms with Crippen LogP contribution in [0.15, 0.2) is 28.9 Å². The maximum atomic E-state index is 13.0. The molecule has 0 radical (unpaired) electrons. The van der Waals surface area contributed by atoms with Gasteiger partial charge in [0, 0.05) is 20.2 Å². The fourth-order valence-corrected chi connectivity index (χ4v) is 2.80. The number of hydrogen-bond acceptors (Lipinski definition) is 5. The third-order valence-corrected chi connectivity index (χ3v) is 4.16. The number of amides is 1. The number of ether oxygens (including phenoxy) is 2. The number of oxazole rings is 1. The van der Waals surface area contributed by atoms with Crippen LogP contribution in [0.5, 0.6) is 5.75 Å². The van der Waals surface area contributed by atoms with Gasteiger partial charge in [-0.25, -0.2) is 9.37 Å². The molecule has 2 aromatic rings. The molecule has 0 saturated carbocycles. The third kappa shape index (κ3) is 4.49. The lowest BCUT2D eigenvalue weighted by molar-refractivity contribution is 0.0582. The molecule has 6 nitrogen and oxygen atoms in total. The molecule has 0 aliphatic carbocycles. The number of rotatable bonds is 6. The molecule has 0 N–H and O–H groups in total. The average molecular weight is 369 g/mol. The van der Waals surface area contributed by atoms with Gasteiger partial charge >= 0.3 is 0 Å². The van der Waals surface area contributed by atoms with Crippen molar-refractivity contribution in [3.05, 3.63) is 46.9 Å². The van der Waals surface area contributed by atoms with Gasteiger partial charge in [-0.1, -0.05) is 11.6 Å². The van der Waals surface area contributed by atoms with Gasteiger partial charge in [0.25, 0.3) is 5.91 Å². The SMILES string of the molecule is CN(CC1CCCO1)C(=O)c1coc(COc2ccc(F)cc2Cl)n1. The fourth-order valence-electron chi connectivity index (χ4n) is 2.58. The minimum Gasteiger partial charge on any atom is -0.482 e. The highest BCUT2D eigenvalue weighted by molar-refractivity contribution is 6.32. The van der Waals surface area contributed by atoms with Crippen LogP contribution >= 0.6 is 11.6 Å². The van der Waals surface area contributed by atoms with E-state index in [0.717, 1.165) is 25.5 Å². The molecule has 1 atom stereocenters. The van der Waals surface area contributed by atoms with E-state index in [1.54, 1.807) is 11.9 Å². The van der Waals surface area contributed by atoms with E-state index in [0.29, 0.717) is 12.3 Å². The summed E-state index contributed by atoms with van der Waals surface area (Å²) in [5, 5.41) is 0.152. The van der Waals surface area contributed by atoms with E-state index in [1.807, 2.05) is 0 Å². The van der Waals surface area contributed by atoms with Crippen LogP contribution in [0.4, 0.5) is 4.39 Å². The number of benzene rings is 1. The molecule has 1 aromatic heterocycles. The van der Waals surface area contributed by atoms with Crippen LogP contribution in [0.1, 0.15) is 29.2 Å². The molecule has 0 bridgehead atoms. The first kappa shape index (κ1) is 17.7. The summed E-state index contributed by atoms with van der Waals surface area (Å²) in [6.45, 7) is 1.24. The second-order valence-electron chi connectivity index (χ2n) is 5.81. The first-order valence-corrected chi connectivity index (χ1v) is 8.30. The zero-order chi connectivity index (χ0) is 17.8. The fraction of sp³-hybridized carbons (Fsp3) is 0.412. The van der Waals surface area contributed by atoms with Crippen LogP contribution in [0.3, 0.4) is 0 Å². The van der Waals surface area contributed by atoms with Gasteiger partial charge in [0.15, 0.2) is 12.3 Å². The zero-order valence-corrected chi connectivity index (χ0v) is 14.5. The van der Waals surface area contributed by atoms with Gasteiger partial charge in [-0.2, -0.15) is 0 Å². The minimum atomic E-state index is -0.448. The third-order valence-electron chi connectivity index (χ3n) is 3.86. The van der Waals surface area contributed by atoms with Gasteiger partial charge in [-0.3, -0.25) is 4.79 Å².